The van der Waals surface area contributed by atoms with E-state index in [1.165, 1.54) is 0 Å². The van der Waals surface area contributed by atoms with Crippen molar-refractivity contribution in [1.29, 1.82) is 0 Å². The maximum atomic E-state index is 5.60. The van der Waals surface area contributed by atoms with Crippen LogP contribution in [0.15, 0.2) is 29.9 Å². The van der Waals surface area contributed by atoms with Gasteiger partial charge in [0.2, 0.25) is 5.88 Å². The third-order valence-corrected chi connectivity index (χ3v) is 1.56. The lowest BCUT2D eigenvalue weighted by Crippen LogP contribution is -2.01. The van der Waals surface area contributed by atoms with Crippen molar-refractivity contribution < 1.29 is 4.74 Å². The molecule has 0 saturated heterocycles. The van der Waals surface area contributed by atoms with Crippen molar-refractivity contribution in [3.8, 4) is 5.88 Å². The molecule has 0 unspecified atom stereocenters. The molecule has 0 aromatic carbocycles. The van der Waals surface area contributed by atoms with Gasteiger partial charge in [0.1, 0.15) is 0 Å². The molecular formula is C9H11ClN2O. The molecule has 1 aromatic rings. The van der Waals surface area contributed by atoms with Crippen LogP contribution in [0.1, 0.15) is 0 Å². The summed E-state index contributed by atoms with van der Waals surface area (Å²) in [4.78, 5) is 3.97. The number of pyridine rings is 1. The number of nitrogens with zero attached hydrogens (tertiary/aromatic N) is 1. The van der Waals surface area contributed by atoms with Crippen LogP contribution in [-0.4, -0.2) is 18.6 Å². The van der Waals surface area contributed by atoms with E-state index in [0.29, 0.717) is 17.5 Å². The topological polar surface area (TPSA) is 34.2 Å². The van der Waals surface area contributed by atoms with Gasteiger partial charge in [0.25, 0.3) is 0 Å². The highest BCUT2D eigenvalue weighted by Gasteiger charge is 1.95. The molecule has 0 radical (unpaired) electrons. The lowest BCUT2D eigenvalue weighted by molar-refractivity contribution is 0.398. The van der Waals surface area contributed by atoms with Crippen LogP contribution < -0.4 is 10.1 Å². The molecule has 0 saturated carbocycles. The SMILES string of the molecule is C=C(Cl)CNc1ccnc(OC)c1. The van der Waals surface area contributed by atoms with Gasteiger partial charge in [-0.2, -0.15) is 0 Å². The summed E-state index contributed by atoms with van der Waals surface area (Å²) in [6.07, 6.45) is 1.66. The largest absolute Gasteiger partial charge is 0.481 e. The number of aromatic nitrogens is 1. The lowest BCUT2D eigenvalue weighted by atomic mass is 10.4. The number of rotatable bonds is 4. The third kappa shape index (κ3) is 3.34. The van der Waals surface area contributed by atoms with Crippen molar-refractivity contribution in [1.82, 2.24) is 4.98 Å². The van der Waals surface area contributed by atoms with Gasteiger partial charge in [0.15, 0.2) is 0 Å². The Morgan fingerprint density at radius 1 is 1.77 bits per heavy atom. The van der Waals surface area contributed by atoms with Crippen molar-refractivity contribution in [3.05, 3.63) is 29.9 Å². The summed E-state index contributed by atoms with van der Waals surface area (Å²) >= 11 is 5.60. The van der Waals surface area contributed by atoms with E-state index in [1.54, 1.807) is 19.4 Å². The first-order chi connectivity index (χ1) is 6.22. The third-order valence-electron chi connectivity index (χ3n) is 1.43. The zero-order chi connectivity index (χ0) is 9.68. The van der Waals surface area contributed by atoms with Gasteiger partial charge in [0, 0.05) is 23.0 Å². The quantitative estimate of drug-likeness (QED) is 0.806. The van der Waals surface area contributed by atoms with Crippen LogP contribution in [0.3, 0.4) is 0 Å². The van der Waals surface area contributed by atoms with Gasteiger partial charge in [-0.15, -0.1) is 0 Å². The Balaban J connectivity index is 2.61. The minimum absolute atomic E-state index is 0.536. The zero-order valence-corrected chi connectivity index (χ0v) is 8.14. The molecule has 0 aliphatic heterocycles. The number of hydrogen-bond donors (Lipinski definition) is 1. The molecule has 0 atom stereocenters. The van der Waals surface area contributed by atoms with Crippen LogP contribution in [-0.2, 0) is 0 Å². The summed E-state index contributed by atoms with van der Waals surface area (Å²) in [5.74, 6) is 0.574. The van der Waals surface area contributed by atoms with Crippen LogP contribution in [0.2, 0.25) is 0 Å². The minimum atomic E-state index is 0.536. The molecule has 3 nitrogen and oxygen atoms in total. The molecule has 0 aliphatic rings. The fourth-order valence-corrected chi connectivity index (χ4v) is 0.896. The van der Waals surface area contributed by atoms with Gasteiger partial charge >= 0.3 is 0 Å². The Morgan fingerprint density at radius 2 is 2.54 bits per heavy atom. The standard InChI is InChI=1S/C9H11ClN2O/c1-7(10)6-12-8-3-4-11-9(5-8)13-2/h3-5H,1,6H2,2H3,(H,11,12). The minimum Gasteiger partial charge on any atom is -0.481 e. The summed E-state index contributed by atoms with van der Waals surface area (Å²) in [7, 11) is 1.58. The molecule has 1 N–H and O–H groups in total. The Bertz CT molecular complexity index is 301. The van der Waals surface area contributed by atoms with E-state index >= 15 is 0 Å². The van der Waals surface area contributed by atoms with Crippen molar-refractivity contribution in [3.63, 3.8) is 0 Å². The molecule has 1 aromatic heterocycles. The number of nitrogens with one attached hydrogen (secondary N) is 1. The molecule has 0 fully saturated rings. The average molecular weight is 199 g/mol. The average Bonchev–Trinajstić information content (AvgIpc) is 2.15. The predicted octanol–water partition coefficient (Wildman–Crippen LogP) is 2.25. The van der Waals surface area contributed by atoms with Crippen LogP contribution in [0.4, 0.5) is 5.69 Å². The first-order valence-corrected chi connectivity index (χ1v) is 4.17. The highest BCUT2D eigenvalue weighted by atomic mass is 35.5. The molecule has 70 valence electrons. The molecular weight excluding hydrogens is 188 g/mol. The van der Waals surface area contributed by atoms with Crippen molar-refractivity contribution in [2.24, 2.45) is 0 Å². The smallest absolute Gasteiger partial charge is 0.214 e. The Labute approximate surface area is 82.4 Å². The second kappa shape index (κ2) is 4.72. The number of methoxy groups -OCH3 is 1. The second-order valence-corrected chi connectivity index (χ2v) is 2.99. The monoisotopic (exact) mass is 198 g/mol. The van der Waals surface area contributed by atoms with Gasteiger partial charge in [-0.3, -0.25) is 0 Å². The highest BCUT2D eigenvalue weighted by Crippen LogP contribution is 2.13. The predicted molar refractivity (Wildman–Crippen MR) is 54.3 cm³/mol. The fraction of sp³-hybridized carbons (Fsp3) is 0.222. The molecule has 0 amide bonds. The lowest BCUT2D eigenvalue weighted by Gasteiger charge is -2.05. The summed E-state index contributed by atoms with van der Waals surface area (Å²) in [5, 5.41) is 3.63. The zero-order valence-electron chi connectivity index (χ0n) is 7.38. The maximum Gasteiger partial charge on any atom is 0.214 e. The van der Waals surface area contributed by atoms with Crippen molar-refractivity contribution >= 4 is 17.3 Å². The molecule has 1 rings (SSSR count). The van der Waals surface area contributed by atoms with E-state index in [1.807, 2.05) is 6.07 Å². The first kappa shape index (κ1) is 9.86. The van der Waals surface area contributed by atoms with E-state index in [2.05, 4.69) is 16.9 Å². The number of anilines is 1. The first-order valence-electron chi connectivity index (χ1n) is 3.79. The normalized spacial score (nSPS) is 9.38. The molecule has 1 heterocycles. The Kier molecular flexibility index (Phi) is 3.58. The Hall–Kier alpha value is -1.22. The molecule has 13 heavy (non-hydrogen) atoms. The van der Waals surface area contributed by atoms with E-state index in [-0.39, 0.29) is 0 Å². The van der Waals surface area contributed by atoms with Gasteiger partial charge in [-0.25, -0.2) is 4.98 Å². The number of hydrogen-bond acceptors (Lipinski definition) is 3. The van der Waals surface area contributed by atoms with Gasteiger partial charge in [0.05, 0.1) is 13.7 Å². The summed E-state index contributed by atoms with van der Waals surface area (Å²) < 4.78 is 4.96. The summed E-state index contributed by atoms with van der Waals surface area (Å²) in [6, 6.07) is 3.63. The number of halogens is 1. The van der Waals surface area contributed by atoms with Gasteiger partial charge in [-0.1, -0.05) is 18.2 Å². The fourth-order valence-electron chi connectivity index (χ4n) is 0.829. The van der Waals surface area contributed by atoms with Crippen molar-refractivity contribution in [2.75, 3.05) is 19.0 Å². The molecule has 0 spiro atoms. The molecule has 0 aliphatic carbocycles. The highest BCUT2D eigenvalue weighted by molar-refractivity contribution is 6.29. The van der Waals surface area contributed by atoms with E-state index in [9.17, 15) is 0 Å². The van der Waals surface area contributed by atoms with E-state index in [0.717, 1.165) is 5.69 Å². The molecule has 0 bridgehead atoms. The van der Waals surface area contributed by atoms with Crippen LogP contribution >= 0.6 is 11.6 Å². The van der Waals surface area contributed by atoms with Crippen LogP contribution in [0.25, 0.3) is 0 Å². The van der Waals surface area contributed by atoms with E-state index in [4.69, 9.17) is 16.3 Å². The van der Waals surface area contributed by atoms with Gasteiger partial charge in [-0.05, 0) is 6.07 Å². The van der Waals surface area contributed by atoms with Crippen LogP contribution in [0.5, 0.6) is 5.88 Å². The van der Waals surface area contributed by atoms with E-state index < -0.39 is 0 Å². The maximum absolute atomic E-state index is 5.60. The van der Waals surface area contributed by atoms with Crippen LogP contribution in [0, 0.1) is 0 Å². The second-order valence-electron chi connectivity index (χ2n) is 2.46. The number of ether oxygens (including phenoxy) is 1. The Morgan fingerprint density at radius 3 is 3.15 bits per heavy atom. The van der Waals surface area contributed by atoms with Gasteiger partial charge < -0.3 is 10.1 Å². The van der Waals surface area contributed by atoms with Crippen molar-refractivity contribution in [2.45, 2.75) is 0 Å². The summed E-state index contributed by atoms with van der Waals surface area (Å²) in [6.45, 7) is 4.11. The molecule has 4 heteroatoms. The summed E-state index contributed by atoms with van der Waals surface area (Å²) in [5.41, 5.74) is 0.911.